The van der Waals surface area contributed by atoms with E-state index in [0.717, 1.165) is 17.8 Å². The second kappa shape index (κ2) is 4.22. The van der Waals surface area contributed by atoms with Crippen molar-refractivity contribution in [3.63, 3.8) is 0 Å². The van der Waals surface area contributed by atoms with Gasteiger partial charge in [0.05, 0.1) is 6.42 Å². The summed E-state index contributed by atoms with van der Waals surface area (Å²) in [6.45, 7) is 2.08. The molecule has 4 fully saturated rings. The van der Waals surface area contributed by atoms with Gasteiger partial charge in [0, 0.05) is 11.6 Å². The van der Waals surface area contributed by atoms with Crippen LogP contribution in [0.2, 0.25) is 0 Å². The zero-order valence-corrected chi connectivity index (χ0v) is 11.6. The van der Waals surface area contributed by atoms with Crippen LogP contribution in [0.4, 0.5) is 0 Å². The van der Waals surface area contributed by atoms with E-state index in [1.54, 1.807) is 0 Å². The number of carboxylic acids is 1. The van der Waals surface area contributed by atoms with Gasteiger partial charge in [-0.1, -0.05) is 0 Å². The van der Waals surface area contributed by atoms with E-state index in [2.05, 4.69) is 18.9 Å². The standard InChI is InChI=1S/C15H25NO2/c1-10(3-14(17)18)16(2)15-7-11-4-12(8-15)6-13(5-11)9-15/h10-13H,3-9H2,1-2H3,(H,17,18). The van der Waals surface area contributed by atoms with Crippen LogP contribution in [0.5, 0.6) is 0 Å². The van der Waals surface area contributed by atoms with E-state index in [0.29, 0.717) is 5.54 Å². The fourth-order valence-corrected chi connectivity index (χ4v) is 5.35. The minimum absolute atomic E-state index is 0.166. The van der Waals surface area contributed by atoms with Crippen molar-refractivity contribution in [3.8, 4) is 0 Å². The summed E-state index contributed by atoms with van der Waals surface area (Å²) in [6, 6.07) is 0.166. The first-order valence-electron chi connectivity index (χ1n) is 7.43. The number of hydrogen-bond donors (Lipinski definition) is 1. The van der Waals surface area contributed by atoms with Gasteiger partial charge in [-0.15, -0.1) is 0 Å². The minimum atomic E-state index is -0.668. The van der Waals surface area contributed by atoms with Crippen LogP contribution >= 0.6 is 0 Å². The lowest BCUT2D eigenvalue weighted by atomic mass is 9.52. The van der Waals surface area contributed by atoms with E-state index in [-0.39, 0.29) is 12.5 Å². The predicted molar refractivity (Wildman–Crippen MR) is 70.4 cm³/mol. The number of aliphatic carboxylic acids is 1. The van der Waals surface area contributed by atoms with E-state index in [1.807, 2.05) is 0 Å². The van der Waals surface area contributed by atoms with Crippen LogP contribution in [0, 0.1) is 17.8 Å². The second-order valence-corrected chi connectivity index (χ2v) is 7.20. The van der Waals surface area contributed by atoms with Gasteiger partial charge >= 0.3 is 5.97 Å². The first-order valence-corrected chi connectivity index (χ1v) is 7.43. The summed E-state index contributed by atoms with van der Waals surface area (Å²) >= 11 is 0. The van der Waals surface area contributed by atoms with Crippen molar-refractivity contribution in [3.05, 3.63) is 0 Å². The second-order valence-electron chi connectivity index (χ2n) is 7.20. The molecule has 18 heavy (non-hydrogen) atoms. The molecule has 4 aliphatic rings. The van der Waals surface area contributed by atoms with Crippen LogP contribution in [0.25, 0.3) is 0 Å². The highest BCUT2D eigenvalue weighted by Crippen LogP contribution is 2.57. The van der Waals surface area contributed by atoms with Gasteiger partial charge in [0.25, 0.3) is 0 Å². The van der Waals surface area contributed by atoms with Crippen LogP contribution in [0.3, 0.4) is 0 Å². The van der Waals surface area contributed by atoms with Gasteiger partial charge < -0.3 is 5.11 Å². The molecule has 3 heteroatoms. The molecule has 4 saturated carbocycles. The van der Waals surface area contributed by atoms with Gasteiger partial charge in [0.15, 0.2) is 0 Å². The monoisotopic (exact) mass is 251 g/mol. The molecule has 0 radical (unpaired) electrons. The molecule has 4 aliphatic carbocycles. The molecular weight excluding hydrogens is 226 g/mol. The molecule has 1 unspecified atom stereocenters. The normalized spacial score (nSPS) is 43.4. The third kappa shape index (κ3) is 1.97. The van der Waals surface area contributed by atoms with Gasteiger partial charge in [-0.25, -0.2) is 0 Å². The molecule has 0 aromatic rings. The predicted octanol–water partition coefficient (Wildman–Crippen LogP) is 2.75. The number of nitrogens with zero attached hydrogens (tertiary/aromatic N) is 1. The van der Waals surface area contributed by atoms with Gasteiger partial charge in [-0.3, -0.25) is 9.69 Å². The maximum atomic E-state index is 10.9. The molecule has 102 valence electrons. The van der Waals surface area contributed by atoms with E-state index in [9.17, 15) is 4.79 Å². The van der Waals surface area contributed by atoms with Gasteiger partial charge in [0.1, 0.15) is 0 Å². The summed E-state index contributed by atoms with van der Waals surface area (Å²) in [5.74, 6) is 2.11. The van der Waals surface area contributed by atoms with E-state index in [4.69, 9.17) is 5.11 Å². The van der Waals surface area contributed by atoms with Crippen LogP contribution in [0.1, 0.15) is 51.9 Å². The summed E-state index contributed by atoms with van der Waals surface area (Å²) in [4.78, 5) is 13.3. The molecule has 0 heterocycles. The molecular formula is C15H25NO2. The maximum Gasteiger partial charge on any atom is 0.304 e. The third-order valence-electron chi connectivity index (χ3n) is 5.89. The van der Waals surface area contributed by atoms with Crippen molar-refractivity contribution in [1.82, 2.24) is 4.90 Å². The van der Waals surface area contributed by atoms with Crippen LogP contribution in [0.15, 0.2) is 0 Å². The van der Waals surface area contributed by atoms with Gasteiger partial charge in [0.2, 0.25) is 0 Å². The van der Waals surface area contributed by atoms with Gasteiger partial charge in [-0.05, 0) is 70.3 Å². The fraction of sp³-hybridized carbons (Fsp3) is 0.933. The van der Waals surface area contributed by atoms with Crippen molar-refractivity contribution in [2.24, 2.45) is 17.8 Å². The molecule has 4 bridgehead atoms. The van der Waals surface area contributed by atoms with Gasteiger partial charge in [-0.2, -0.15) is 0 Å². The summed E-state index contributed by atoms with van der Waals surface area (Å²) in [6.07, 6.45) is 8.57. The highest BCUT2D eigenvalue weighted by atomic mass is 16.4. The van der Waals surface area contributed by atoms with Crippen molar-refractivity contribution in [2.45, 2.75) is 63.5 Å². The molecule has 0 aromatic heterocycles. The highest BCUT2D eigenvalue weighted by molar-refractivity contribution is 5.67. The summed E-state index contributed by atoms with van der Waals surface area (Å²) in [5, 5.41) is 8.99. The first kappa shape index (κ1) is 12.5. The Bertz CT molecular complexity index is 317. The van der Waals surface area contributed by atoms with E-state index < -0.39 is 5.97 Å². The quantitative estimate of drug-likeness (QED) is 0.835. The van der Waals surface area contributed by atoms with Crippen LogP contribution in [-0.4, -0.2) is 34.6 Å². The Labute approximate surface area is 110 Å². The lowest BCUT2D eigenvalue weighted by molar-refractivity contribution is -0.140. The average molecular weight is 251 g/mol. The smallest absolute Gasteiger partial charge is 0.304 e. The third-order valence-corrected chi connectivity index (χ3v) is 5.89. The number of carbonyl (C=O) groups is 1. The first-order chi connectivity index (χ1) is 8.48. The Morgan fingerprint density at radius 1 is 1.22 bits per heavy atom. The molecule has 0 spiro atoms. The zero-order valence-electron chi connectivity index (χ0n) is 11.6. The highest BCUT2D eigenvalue weighted by Gasteiger charge is 2.53. The Morgan fingerprint density at radius 3 is 2.06 bits per heavy atom. The topological polar surface area (TPSA) is 40.5 Å². The molecule has 0 aliphatic heterocycles. The molecule has 4 rings (SSSR count). The molecule has 0 amide bonds. The van der Waals surface area contributed by atoms with Crippen molar-refractivity contribution in [2.75, 3.05) is 7.05 Å². The average Bonchev–Trinajstić information content (AvgIpc) is 2.25. The minimum Gasteiger partial charge on any atom is -0.481 e. The largest absolute Gasteiger partial charge is 0.481 e. The number of hydrogen-bond acceptors (Lipinski definition) is 2. The summed E-state index contributed by atoms with van der Waals surface area (Å²) in [7, 11) is 2.17. The Balaban J connectivity index is 1.76. The lowest BCUT2D eigenvalue weighted by Crippen LogP contribution is -2.61. The Kier molecular flexibility index (Phi) is 2.92. The molecule has 3 nitrogen and oxygen atoms in total. The molecule has 1 N–H and O–H groups in total. The van der Waals surface area contributed by atoms with Crippen molar-refractivity contribution < 1.29 is 9.90 Å². The van der Waals surface area contributed by atoms with Crippen LogP contribution in [-0.2, 0) is 4.79 Å². The number of rotatable bonds is 4. The van der Waals surface area contributed by atoms with Crippen molar-refractivity contribution in [1.29, 1.82) is 0 Å². The summed E-state index contributed by atoms with van der Waals surface area (Å²) in [5.41, 5.74) is 0.337. The van der Waals surface area contributed by atoms with Crippen LogP contribution < -0.4 is 0 Å². The maximum absolute atomic E-state index is 10.9. The molecule has 0 aromatic carbocycles. The molecule has 1 atom stereocenters. The number of carboxylic acid groups (broad SMARTS) is 1. The van der Waals surface area contributed by atoms with E-state index >= 15 is 0 Å². The van der Waals surface area contributed by atoms with Crippen molar-refractivity contribution >= 4 is 5.97 Å². The van der Waals surface area contributed by atoms with E-state index in [1.165, 1.54) is 38.5 Å². The Morgan fingerprint density at radius 2 is 1.67 bits per heavy atom. The fourth-order valence-electron chi connectivity index (χ4n) is 5.35. The Hall–Kier alpha value is -0.570. The lowest BCUT2D eigenvalue weighted by Gasteiger charge is -2.61. The molecule has 0 saturated heterocycles. The SMILES string of the molecule is CC(CC(=O)O)N(C)C12CC3CC(CC(C3)C1)C2. The zero-order chi connectivity index (χ0) is 12.9. The summed E-state index contributed by atoms with van der Waals surface area (Å²) < 4.78 is 0.